The summed E-state index contributed by atoms with van der Waals surface area (Å²) in [6.45, 7) is 1.94. The first-order chi connectivity index (χ1) is 8.47. The molecule has 0 fully saturated rings. The van der Waals surface area contributed by atoms with Crippen LogP contribution in [0.15, 0.2) is 22.7 Å². The largest absolute Gasteiger partial charge is 0.346 e. The summed E-state index contributed by atoms with van der Waals surface area (Å²) >= 11 is 20.4. The Bertz CT molecular complexity index is 655. The highest BCUT2D eigenvalue weighted by Crippen LogP contribution is 2.23. The summed E-state index contributed by atoms with van der Waals surface area (Å²) in [5.74, 6) is 0.805. The van der Waals surface area contributed by atoms with Crippen LogP contribution in [0.2, 0.25) is 10.0 Å². The van der Waals surface area contributed by atoms with E-state index in [0.29, 0.717) is 21.1 Å². The zero-order valence-electron chi connectivity index (χ0n) is 9.43. The molecule has 2 aromatic rings. The van der Waals surface area contributed by atoms with Crippen molar-refractivity contribution in [2.24, 2.45) is 0 Å². The Morgan fingerprint density at radius 3 is 2.67 bits per heavy atom. The third-order valence-corrected chi connectivity index (χ3v) is 4.71. The summed E-state index contributed by atoms with van der Waals surface area (Å²) in [7, 11) is 0. The molecule has 0 radical (unpaired) electrons. The quantitative estimate of drug-likeness (QED) is 0.751. The number of hydrogen-bond donors (Lipinski definition) is 1. The van der Waals surface area contributed by atoms with Gasteiger partial charge in [-0.05, 0) is 40.5 Å². The molecular formula is C12H9BrCl2N2S. The number of aromatic amines is 1. The fraction of sp³-hybridized carbons (Fsp3) is 0.167. The van der Waals surface area contributed by atoms with E-state index in [1.165, 1.54) is 0 Å². The summed E-state index contributed by atoms with van der Waals surface area (Å²) in [4.78, 5) is 7.52. The fourth-order valence-corrected chi connectivity index (χ4v) is 2.33. The maximum Gasteiger partial charge on any atom is 0.144 e. The molecule has 2 rings (SSSR count). The smallest absolute Gasteiger partial charge is 0.144 e. The SMILES string of the molecule is Cc1[nH]c(Cc2ccc(Cl)c(Cl)c2)nc(=S)c1Br. The van der Waals surface area contributed by atoms with E-state index in [9.17, 15) is 0 Å². The van der Waals surface area contributed by atoms with Gasteiger partial charge < -0.3 is 4.98 Å². The van der Waals surface area contributed by atoms with Crippen molar-refractivity contribution in [1.82, 2.24) is 9.97 Å². The Balaban J connectivity index is 2.34. The van der Waals surface area contributed by atoms with Gasteiger partial charge in [-0.1, -0.05) is 41.5 Å². The molecule has 0 aliphatic rings. The number of benzene rings is 1. The third kappa shape index (κ3) is 3.12. The van der Waals surface area contributed by atoms with Gasteiger partial charge in [0, 0.05) is 12.1 Å². The molecule has 6 heteroatoms. The van der Waals surface area contributed by atoms with Crippen LogP contribution in [0.3, 0.4) is 0 Å². The van der Waals surface area contributed by atoms with Crippen LogP contribution in [-0.4, -0.2) is 9.97 Å². The van der Waals surface area contributed by atoms with Crippen molar-refractivity contribution in [3.63, 3.8) is 0 Å². The molecule has 0 atom stereocenters. The normalized spacial score (nSPS) is 10.7. The third-order valence-electron chi connectivity index (χ3n) is 2.44. The first-order valence-electron chi connectivity index (χ1n) is 5.16. The predicted molar refractivity (Wildman–Crippen MR) is 81.1 cm³/mol. The van der Waals surface area contributed by atoms with E-state index in [-0.39, 0.29) is 0 Å². The molecule has 1 N–H and O–H groups in total. The summed E-state index contributed by atoms with van der Waals surface area (Å²) in [5.41, 5.74) is 1.99. The van der Waals surface area contributed by atoms with Crippen LogP contribution < -0.4 is 0 Å². The number of nitrogens with one attached hydrogen (secondary N) is 1. The lowest BCUT2D eigenvalue weighted by Crippen LogP contribution is -2.00. The Morgan fingerprint density at radius 1 is 1.33 bits per heavy atom. The number of nitrogens with zero attached hydrogens (tertiary/aromatic N) is 1. The van der Waals surface area contributed by atoms with Crippen LogP contribution in [0, 0.1) is 11.6 Å². The minimum absolute atomic E-state index is 0.543. The molecule has 18 heavy (non-hydrogen) atoms. The summed E-state index contributed by atoms with van der Waals surface area (Å²) < 4.78 is 1.39. The van der Waals surface area contributed by atoms with Gasteiger partial charge in [-0.3, -0.25) is 0 Å². The Morgan fingerprint density at radius 2 is 2.06 bits per heavy atom. The van der Waals surface area contributed by atoms with Gasteiger partial charge in [-0.15, -0.1) is 0 Å². The monoisotopic (exact) mass is 362 g/mol. The molecule has 1 heterocycles. The maximum atomic E-state index is 5.98. The number of halogens is 3. The van der Waals surface area contributed by atoms with E-state index in [1.807, 2.05) is 19.1 Å². The Hall–Kier alpha value is -0.420. The number of aromatic nitrogens is 2. The van der Waals surface area contributed by atoms with E-state index < -0.39 is 0 Å². The van der Waals surface area contributed by atoms with Crippen molar-refractivity contribution in [2.45, 2.75) is 13.3 Å². The van der Waals surface area contributed by atoms with Crippen molar-refractivity contribution in [3.8, 4) is 0 Å². The minimum atomic E-state index is 0.543. The zero-order chi connectivity index (χ0) is 13.3. The predicted octanol–water partition coefficient (Wildman–Crippen LogP) is 5.11. The Kier molecular flexibility index (Phi) is 4.43. The summed E-state index contributed by atoms with van der Waals surface area (Å²) in [6.07, 6.45) is 0.634. The van der Waals surface area contributed by atoms with Gasteiger partial charge >= 0.3 is 0 Å². The fourth-order valence-electron chi connectivity index (χ4n) is 1.56. The van der Waals surface area contributed by atoms with Gasteiger partial charge in [0.25, 0.3) is 0 Å². The van der Waals surface area contributed by atoms with Gasteiger partial charge in [0.05, 0.1) is 14.5 Å². The molecule has 0 aliphatic heterocycles. The summed E-state index contributed by atoms with van der Waals surface area (Å²) in [5, 5.41) is 1.09. The van der Waals surface area contributed by atoms with Gasteiger partial charge in [0.1, 0.15) is 10.5 Å². The Labute approximate surface area is 128 Å². The second-order valence-corrected chi connectivity index (χ2v) is 5.85. The maximum absolute atomic E-state index is 5.98. The molecular weight excluding hydrogens is 355 g/mol. The van der Waals surface area contributed by atoms with Crippen LogP contribution in [0.4, 0.5) is 0 Å². The van der Waals surface area contributed by atoms with Crippen molar-refractivity contribution in [1.29, 1.82) is 0 Å². The van der Waals surface area contributed by atoms with Gasteiger partial charge in [0.2, 0.25) is 0 Å². The molecule has 0 unspecified atom stereocenters. The molecule has 0 aliphatic carbocycles. The number of rotatable bonds is 2. The molecule has 0 saturated carbocycles. The molecule has 0 amide bonds. The van der Waals surface area contributed by atoms with E-state index in [2.05, 4.69) is 25.9 Å². The second-order valence-electron chi connectivity index (χ2n) is 3.85. The van der Waals surface area contributed by atoms with Gasteiger partial charge in [-0.25, -0.2) is 4.98 Å². The van der Waals surface area contributed by atoms with Crippen LogP contribution in [-0.2, 0) is 6.42 Å². The van der Waals surface area contributed by atoms with E-state index in [1.54, 1.807) is 6.07 Å². The minimum Gasteiger partial charge on any atom is -0.346 e. The molecule has 1 aromatic carbocycles. The topological polar surface area (TPSA) is 28.7 Å². The van der Waals surface area contributed by atoms with Gasteiger partial charge in [0.15, 0.2) is 0 Å². The van der Waals surface area contributed by atoms with E-state index in [0.717, 1.165) is 21.6 Å². The van der Waals surface area contributed by atoms with Crippen LogP contribution in [0.1, 0.15) is 17.1 Å². The first-order valence-corrected chi connectivity index (χ1v) is 7.12. The van der Waals surface area contributed by atoms with Crippen molar-refractivity contribution in [3.05, 3.63) is 54.4 Å². The average molecular weight is 364 g/mol. The van der Waals surface area contributed by atoms with Crippen molar-refractivity contribution < 1.29 is 0 Å². The van der Waals surface area contributed by atoms with E-state index >= 15 is 0 Å². The average Bonchev–Trinajstić information content (AvgIpc) is 2.31. The highest BCUT2D eigenvalue weighted by molar-refractivity contribution is 9.10. The van der Waals surface area contributed by atoms with Crippen LogP contribution in [0.5, 0.6) is 0 Å². The highest BCUT2D eigenvalue weighted by Gasteiger charge is 2.05. The van der Waals surface area contributed by atoms with Crippen LogP contribution in [0.25, 0.3) is 0 Å². The number of H-pyrrole nitrogens is 1. The highest BCUT2D eigenvalue weighted by atomic mass is 79.9. The summed E-state index contributed by atoms with van der Waals surface area (Å²) in [6, 6.07) is 5.53. The van der Waals surface area contributed by atoms with Crippen LogP contribution >= 0.6 is 51.3 Å². The van der Waals surface area contributed by atoms with Crippen molar-refractivity contribution >= 4 is 51.3 Å². The lowest BCUT2D eigenvalue weighted by molar-refractivity contribution is 0.926. The standard InChI is InChI=1S/C12H9BrCl2N2S/c1-6-11(13)12(18)17-10(16-6)5-7-2-3-8(14)9(15)4-7/h2-4H,5H2,1H3,(H,16,17,18). The molecule has 0 saturated heterocycles. The van der Waals surface area contributed by atoms with Crippen molar-refractivity contribution in [2.75, 3.05) is 0 Å². The second kappa shape index (κ2) is 5.70. The number of aryl methyl sites for hydroxylation is 1. The lowest BCUT2D eigenvalue weighted by Gasteiger charge is -2.06. The molecule has 1 aromatic heterocycles. The lowest BCUT2D eigenvalue weighted by atomic mass is 10.1. The molecule has 2 nitrogen and oxygen atoms in total. The molecule has 0 bridgehead atoms. The van der Waals surface area contributed by atoms with Gasteiger partial charge in [-0.2, -0.15) is 0 Å². The van der Waals surface area contributed by atoms with E-state index in [4.69, 9.17) is 35.4 Å². The zero-order valence-corrected chi connectivity index (χ0v) is 13.3. The first kappa shape index (κ1) is 14.0. The molecule has 0 spiro atoms. The molecule has 94 valence electrons. The number of hydrogen-bond acceptors (Lipinski definition) is 2.